The molecule has 0 atom stereocenters. The average Bonchev–Trinajstić information content (AvgIpc) is 3.26. The number of aryl methyl sites for hydroxylation is 1. The maximum Gasteiger partial charge on any atom is 0.221 e. The molecule has 1 N–H and O–H groups in total. The summed E-state index contributed by atoms with van der Waals surface area (Å²) in [4.78, 5) is 12.1. The highest BCUT2D eigenvalue weighted by molar-refractivity contribution is 7.99. The van der Waals surface area contributed by atoms with Crippen LogP contribution in [0.15, 0.2) is 29.4 Å². The molecular formula is C17H23N5O2S. The van der Waals surface area contributed by atoms with E-state index in [-0.39, 0.29) is 5.91 Å². The van der Waals surface area contributed by atoms with Crippen LogP contribution in [0.1, 0.15) is 37.7 Å². The van der Waals surface area contributed by atoms with E-state index < -0.39 is 0 Å². The van der Waals surface area contributed by atoms with Crippen molar-refractivity contribution in [2.45, 2.75) is 49.9 Å². The molecule has 0 spiro atoms. The van der Waals surface area contributed by atoms with E-state index in [1.54, 1.807) is 11.7 Å². The van der Waals surface area contributed by atoms with E-state index >= 15 is 0 Å². The highest BCUT2D eigenvalue weighted by atomic mass is 32.2. The largest absolute Gasteiger partial charge is 0.490 e. The Hall–Kier alpha value is -2.09. The molecule has 1 aliphatic rings. The second kappa shape index (κ2) is 8.84. The first kappa shape index (κ1) is 17.7. The van der Waals surface area contributed by atoms with Crippen LogP contribution in [0.5, 0.6) is 5.75 Å². The maximum atomic E-state index is 12.1. The van der Waals surface area contributed by atoms with Gasteiger partial charge in [0, 0.05) is 31.3 Å². The third-order valence-electron chi connectivity index (χ3n) is 4.19. The smallest absolute Gasteiger partial charge is 0.221 e. The topological polar surface area (TPSA) is 81.9 Å². The Balaban J connectivity index is 1.44. The Morgan fingerprint density at radius 3 is 2.92 bits per heavy atom. The molecular weight excluding hydrogens is 338 g/mol. The highest BCUT2D eigenvalue weighted by Gasteiger charge is 2.17. The van der Waals surface area contributed by atoms with Crippen molar-refractivity contribution in [3.8, 4) is 5.75 Å². The second-order valence-electron chi connectivity index (χ2n) is 6.09. The molecule has 0 aliphatic heterocycles. The van der Waals surface area contributed by atoms with Gasteiger partial charge in [-0.1, -0.05) is 30.0 Å². The highest BCUT2D eigenvalue weighted by Crippen LogP contribution is 2.26. The standard InChI is InChI=1S/C17H23N5O2S/c1-22-17(19-20-21-22)25-11-10-16(23)18-12-13-6-2-5-9-15(13)24-14-7-3-4-8-14/h2,5-6,9,14H,3-4,7-8,10-12H2,1H3,(H,18,23). The monoisotopic (exact) mass is 361 g/mol. The van der Waals surface area contributed by atoms with Gasteiger partial charge in [-0.3, -0.25) is 4.79 Å². The number of aromatic nitrogens is 4. The molecule has 1 heterocycles. The van der Waals surface area contributed by atoms with Crippen LogP contribution in [0.3, 0.4) is 0 Å². The van der Waals surface area contributed by atoms with Gasteiger partial charge in [-0.2, -0.15) is 0 Å². The van der Waals surface area contributed by atoms with Gasteiger partial charge in [0.1, 0.15) is 5.75 Å². The van der Waals surface area contributed by atoms with Gasteiger partial charge < -0.3 is 10.1 Å². The van der Waals surface area contributed by atoms with Crippen LogP contribution >= 0.6 is 11.8 Å². The number of carbonyl (C=O) groups excluding carboxylic acids is 1. The Morgan fingerprint density at radius 2 is 2.16 bits per heavy atom. The van der Waals surface area contributed by atoms with Crippen molar-refractivity contribution in [3.05, 3.63) is 29.8 Å². The fourth-order valence-corrected chi connectivity index (χ4v) is 3.60. The number of ether oxygens (including phenoxy) is 1. The number of nitrogens with one attached hydrogen (secondary N) is 1. The Bertz CT molecular complexity index is 700. The zero-order valence-electron chi connectivity index (χ0n) is 14.4. The molecule has 1 aromatic carbocycles. The summed E-state index contributed by atoms with van der Waals surface area (Å²) in [7, 11) is 1.78. The molecule has 7 nitrogen and oxygen atoms in total. The lowest BCUT2D eigenvalue weighted by atomic mass is 10.2. The minimum absolute atomic E-state index is 0.0123. The van der Waals surface area contributed by atoms with E-state index in [0.717, 1.165) is 24.2 Å². The lowest BCUT2D eigenvalue weighted by Crippen LogP contribution is -2.24. The van der Waals surface area contributed by atoms with E-state index in [2.05, 4.69) is 20.8 Å². The van der Waals surface area contributed by atoms with E-state index in [1.165, 1.54) is 24.6 Å². The lowest BCUT2D eigenvalue weighted by Gasteiger charge is -2.16. The van der Waals surface area contributed by atoms with E-state index in [4.69, 9.17) is 4.74 Å². The van der Waals surface area contributed by atoms with Crippen molar-refractivity contribution in [2.24, 2.45) is 7.05 Å². The van der Waals surface area contributed by atoms with Crippen LogP contribution in [0.2, 0.25) is 0 Å². The van der Waals surface area contributed by atoms with Gasteiger partial charge in [-0.05, 0) is 42.2 Å². The van der Waals surface area contributed by atoms with Crippen molar-refractivity contribution in [1.29, 1.82) is 0 Å². The summed E-state index contributed by atoms with van der Waals surface area (Å²) in [6, 6.07) is 7.93. The molecule has 0 saturated heterocycles. The molecule has 2 aromatic rings. The number of rotatable bonds is 8. The van der Waals surface area contributed by atoms with Gasteiger partial charge in [0.2, 0.25) is 11.1 Å². The van der Waals surface area contributed by atoms with Crippen molar-refractivity contribution in [2.75, 3.05) is 5.75 Å². The first-order valence-electron chi connectivity index (χ1n) is 8.59. The predicted molar refractivity (Wildman–Crippen MR) is 95.3 cm³/mol. The molecule has 1 fully saturated rings. The van der Waals surface area contributed by atoms with Gasteiger partial charge in [0.15, 0.2) is 0 Å². The molecule has 3 rings (SSSR count). The van der Waals surface area contributed by atoms with Crippen LogP contribution in [-0.4, -0.2) is 38.0 Å². The molecule has 0 bridgehead atoms. The lowest BCUT2D eigenvalue weighted by molar-refractivity contribution is -0.120. The van der Waals surface area contributed by atoms with E-state index in [0.29, 0.717) is 30.0 Å². The molecule has 1 saturated carbocycles. The number of amides is 1. The van der Waals surface area contributed by atoms with Crippen molar-refractivity contribution in [1.82, 2.24) is 25.5 Å². The number of benzene rings is 1. The van der Waals surface area contributed by atoms with E-state index in [9.17, 15) is 4.79 Å². The van der Waals surface area contributed by atoms with E-state index in [1.807, 2.05) is 24.3 Å². The summed E-state index contributed by atoms with van der Waals surface area (Å²) >= 11 is 1.47. The molecule has 1 amide bonds. The number of para-hydroxylation sites is 1. The minimum atomic E-state index is 0.0123. The van der Waals surface area contributed by atoms with Crippen LogP contribution in [0.25, 0.3) is 0 Å². The molecule has 134 valence electrons. The van der Waals surface area contributed by atoms with Crippen LogP contribution in [-0.2, 0) is 18.4 Å². The third kappa shape index (κ3) is 5.19. The first-order chi connectivity index (χ1) is 12.2. The van der Waals surface area contributed by atoms with Crippen LogP contribution < -0.4 is 10.1 Å². The summed E-state index contributed by atoms with van der Waals surface area (Å²) in [5.74, 6) is 1.54. The summed E-state index contributed by atoms with van der Waals surface area (Å²) in [6.07, 6.45) is 5.45. The summed E-state index contributed by atoms with van der Waals surface area (Å²) < 4.78 is 7.70. The number of nitrogens with zero attached hydrogens (tertiary/aromatic N) is 4. The maximum absolute atomic E-state index is 12.1. The van der Waals surface area contributed by atoms with Gasteiger partial charge in [0.25, 0.3) is 0 Å². The normalized spacial score (nSPS) is 14.6. The number of hydrogen-bond donors (Lipinski definition) is 1. The van der Waals surface area contributed by atoms with Crippen LogP contribution in [0, 0.1) is 0 Å². The van der Waals surface area contributed by atoms with Gasteiger partial charge in [-0.15, -0.1) is 5.10 Å². The second-order valence-corrected chi connectivity index (χ2v) is 7.15. The van der Waals surface area contributed by atoms with Gasteiger partial charge in [0.05, 0.1) is 6.10 Å². The summed E-state index contributed by atoms with van der Waals surface area (Å²) in [5, 5.41) is 14.9. The third-order valence-corrected chi connectivity index (χ3v) is 5.20. The van der Waals surface area contributed by atoms with Gasteiger partial charge >= 0.3 is 0 Å². The minimum Gasteiger partial charge on any atom is -0.490 e. The zero-order valence-corrected chi connectivity index (χ0v) is 15.2. The van der Waals surface area contributed by atoms with Crippen molar-refractivity contribution < 1.29 is 9.53 Å². The summed E-state index contributed by atoms with van der Waals surface area (Å²) in [5.41, 5.74) is 1.02. The SMILES string of the molecule is Cn1nnnc1SCCC(=O)NCc1ccccc1OC1CCCC1. The number of hydrogen-bond acceptors (Lipinski definition) is 6. The Labute approximate surface area is 151 Å². The van der Waals surface area contributed by atoms with Crippen molar-refractivity contribution in [3.63, 3.8) is 0 Å². The van der Waals surface area contributed by atoms with Crippen molar-refractivity contribution >= 4 is 17.7 Å². The predicted octanol–water partition coefficient (Wildman–Crippen LogP) is 2.33. The van der Waals surface area contributed by atoms with Gasteiger partial charge in [-0.25, -0.2) is 4.68 Å². The first-order valence-corrected chi connectivity index (χ1v) is 9.57. The quantitative estimate of drug-likeness (QED) is 0.727. The number of tetrazole rings is 1. The molecule has 8 heteroatoms. The Kier molecular flexibility index (Phi) is 6.27. The molecule has 25 heavy (non-hydrogen) atoms. The molecule has 0 radical (unpaired) electrons. The zero-order chi connectivity index (χ0) is 17.5. The number of carbonyl (C=O) groups is 1. The van der Waals surface area contributed by atoms with Crippen LogP contribution in [0.4, 0.5) is 0 Å². The average molecular weight is 361 g/mol. The fraction of sp³-hybridized carbons (Fsp3) is 0.529. The molecule has 1 aromatic heterocycles. The molecule has 1 aliphatic carbocycles. The number of thioether (sulfide) groups is 1. The molecule has 0 unspecified atom stereocenters. The Morgan fingerprint density at radius 1 is 1.36 bits per heavy atom. The summed E-state index contributed by atoms with van der Waals surface area (Å²) in [6.45, 7) is 0.484. The fourth-order valence-electron chi connectivity index (χ4n) is 2.81.